The summed E-state index contributed by atoms with van der Waals surface area (Å²) in [6.45, 7) is 2.72. The number of hydrogen-bond donors (Lipinski definition) is 0. The van der Waals surface area contributed by atoms with Crippen molar-refractivity contribution in [2.45, 2.75) is 30.9 Å². The summed E-state index contributed by atoms with van der Waals surface area (Å²) in [6.07, 6.45) is 1.50. The fraction of sp³-hybridized carbons (Fsp3) is 0.214. The van der Waals surface area contributed by atoms with Crippen molar-refractivity contribution in [2.24, 2.45) is 0 Å². The molecule has 0 bridgehead atoms. The smallest absolute Gasteiger partial charge is 0.254 e. The number of ether oxygens (including phenoxy) is 1. The number of amides is 1. The Bertz CT molecular complexity index is 1450. The Hall–Kier alpha value is -3.98. The molecule has 192 valence electrons. The first-order valence-electron chi connectivity index (χ1n) is 11.8. The quantitative estimate of drug-likeness (QED) is 0.302. The lowest BCUT2D eigenvalue weighted by Gasteiger charge is -2.22. The number of nitrogens with zero attached hydrogens (tertiary/aromatic N) is 3. The van der Waals surface area contributed by atoms with Gasteiger partial charge in [-0.2, -0.15) is 0 Å². The van der Waals surface area contributed by atoms with Gasteiger partial charge in [-0.25, -0.2) is 17.8 Å². The molecule has 0 aliphatic rings. The average Bonchev–Trinajstić information content (AvgIpc) is 3.31. The van der Waals surface area contributed by atoms with Gasteiger partial charge in [-0.05, 0) is 54.4 Å². The van der Waals surface area contributed by atoms with E-state index in [1.54, 1.807) is 40.8 Å². The minimum Gasteiger partial charge on any atom is -0.497 e. The molecule has 1 aromatic heterocycles. The molecule has 37 heavy (non-hydrogen) atoms. The second-order valence-electron chi connectivity index (χ2n) is 8.54. The summed E-state index contributed by atoms with van der Waals surface area (Å²) >= 11 is 0. The zero-order valence-electron chi connectivity index (χ0n) is 20.7. The topological polar surface area (TPSA) is 81.5 Å². The normalized spacial score (nSPS) is 11.3. The summed E-state index contributed by atoms with van der Waals surface area (Å²) in [5.74, 6) is -0.291. The highest BCUT2D eigenvalue weighted by Crippen LogP contribution is 2.22. The van der Waals surface area contributed by atoms with Crippen LogP contribution in [0.15, 0.2) is 90.2 Å². The van der Waals surface area contributed by atoms with Crippen LogP contribution in [0.4, 0.5) is 4.39 Å². The number of rotatable bonds is 10. The SMILES string of the molecule is CCN(Cc1cnc(S(=O)(=O)Cc2ccc(F)cc2)n1Cc1ccccc1)C(=O)c1ccc(OC)cc1. The number of hydrogen-bond acceptors (Lipinski definition) is 5. The fourth-order valence-corrected chi connectivity index (χ4v) is 5.50. The van der Waals surface area contributed by atoms with Crippen molar-refractivity contribution in [2.75, 3.05) is 13.7 Å². The minimum atomic E-state index is -3.87. The standard InChI is InChI=1S/C28H28FN3O4S/c1-3-31(27(33)23-11-15-26(36-2)16-12-23)19-25-17-30-28(32(25)18-21-7-5-4-6-8-21)37(34,35)20-22-9-13-24(29)14-10-22/h4-17H,3,18-20H2,1-2H3. The molecule has 0 fully saturated rings. The molecule has 9 heteroatoms. The van der Waals surface area contributed by atoms with Crippen LogP contribution in [0.25, 0.3) is 0 Å². The summed E-state index contributed by atoms with van der Waals surface area (Å²) in [4.78, 5) is 19.2. The van der Waals surface area contributed by atoms with Crippen molar-refractivity contribution in [1.29, 1.82) is 0 Å². The van der Waals surface area contributed by atoms with Crippen molar-refractivity contribution in [3.63, 3.8) is 0 Å². The van der Waals surface area contributed by atoms with E-state index in [2.05, 4.69) is 4.98 Å². The first-order chi connectivity index (χ1) is 17.8. The van der Waals surface area contributed by atoms with Gasteiger partial charge in [0.2, 0.25) is 15.0 Å². The van der Waals surface area contributed by atoms with Gasteiger partial charge in [0.15, 0.2) is 0 Å². The highest BCUT2D eigenvalue weighted by Gasteiger charge is 2.26. The average molecular weight is 522 g/mol. The molecule has 7 nitrogen and oxygen atoms in total. The van der Waals surface area contributed by atoms with Crippen molar-refractivity contribution in [3.05, 3.63) is 113 Å². The molecular formula is C28H28FN3O4S. The van der Waals surface area contributed by atoms with Crippen molar-refractivity contribution < 1.29 is 22.3 Å². The van der Waals surface area contributed by atoms with Gasteiger partial charge in [-0.3, -0.25) is 4.79 Å². The van der Waals surface area contributed by atoms with E-state index in [-0.39, 0.29) is 29.9 Å². The third-order valence-electron chi connectivity index (χ3n) is 5.99. The lowest BCUT2D eigenvalue weighted by molar-refractivity contribution is 0.0749. The summed E-state index contributed by atoms with van der Waals surface area (Å²) in [6, 6.07) is 21.7. The van der Waals surface area contributed by atoms with Crippen LogP contribution in [0.2, 0.25) is 0 Å². The molecule has 0 saturated heterocycles. The first kappa shape index (κ1) is 26.1. The molecule has 0 aliphatic carbocycles. The maximum Gasteiger partial charge on any atom is 0.254 e. The number of sulfone groups is 1. The van der Waals surface area contributed by atoms with Crippen LogP contribution in [0.1, 0.15) is 34.1 Å². The Morgan fingerprint density at radius 1 is 0.973 bits per heavy atom. The number of benzene rings is 3. The molecule has 0 aliphatic heterocycles. The Labute approximate surface area is 216 Å². The number of halogens is 1. The highest BCUT2D eigenvalue weighted by atomic mass is 32.2. The molecule has 0 unspecified atom stereocenters. The van der Waals surface area contributed by atoms with Crippen LogP contribution < -0.4 is 4.74 Å². The second-order valence-corrected chi connectivity index (χ2v) is 10.4. The fourth-order valence-electron chi connectivity index (χ4n) is 4.01. The molecule has 1 heterocycles. The molecule has 1 amide bonds. The van der Waals surface area contributed by atoms with Gasteiger partial charge in [0.05, 0.1) is 37.8 Å². The summed E-state index contributed by atoms with van der Waals surface area (Å²) in [5.41, 5.74) is 2.44. The molecule has 3 aromatic carbocycles. The van der Waals surface area contributed by atoms with Gasteiger partial charge in [0.1, 0.15) is 11.6 Å². The van der Waals surface area contributed by atoms with Gasteiger partial charge >= 0.3 is 0 Å². The van der Waals surface area contributed by atoms with Crippen LogP contribution in [0.3, 0.4) is 0 Å². The van der Waals surface area contributed by atoms with Crippen LogP contribution in [0, 0.1) is 5.82 Å². The van der Waals surface area contributed by atoms with Gasteiger partial charge in [-0.15, -0.1) is 0 Å². The predicted octanol–water partition coefficient (Wildman–Crippen LogP) is 4.72. The van der Waals surface area contributed by atoms with Crippen molar-refractivity contribution in [3.8, 4) is 5.75 Å². The van der Waals surface area contributed by atoms with E-state index >= 15 is 0 Å². The van der Waals surface area contributed by atoms with E-state index in [0.717, 1.165) is 5.56 Å². The van der Waals surface area contributed by atoms with Crippen molar-refractivity contribution >= 4 is 15.7 Å². The van der Waals surface area contributed by atoms with Crippen LogP contribution in [0.5, 0.6) is 5.75 Å². The molecule has 0 spiro atoms. The van der Waals surface area contributed by atoms with E-state index in [4.69, 9.17) is 4.74 Å². The summed E-state index contributed by atoms with van der Waals surface area (Å²) < 4.78 is 47.0. The lowest BCUT2D eigenvalue weighted by Crippen LogP contribution is -2.31. The number of methoxy groups -OCH3 is 1. The predicted molar refractivity (Wildman–Crippen MR) is 138 cm³/mol. The third kappa shape index (κ3) is 6.24. The minimum absolute atomic E-state index is 0.0939. The van der Waals surface area contributed by atoms with Crippen molar-refractivity contribution in [1.82, 2.24) is 14.5 Å². The Morgan fingerprint density at radius 2 is 1.65 bits per heavy atom. The Kier molecular flexibility index (Phi) is 8.03. The van der Waals surface area contributed by atoms with Crippen LogP contribution in [-0.4, -0.2) is 42.4 Å². The number of imidazole rings is 1. The molecule has 4 rings (SSSR count). The molecular weight excluding hydrogens is 493 g/mol. The van der Waals surface area contributed by atoms with E-state index in [9.17, 15) is 17.6 Å². The van der Waals surface area contributed by atoms with E-state index in [0.29, 0.717) is 29.1 Å². The summed E-state index contributed by atoms with van der Waals surface area (Å²) in [7, 11) is -2.31. The third-order valence-corrected chi connectivity index (χ3v) is 7.59. The van der Waals surface area contributed by atoms with E-state index in [1.807, 2.05) is 37.3 Å². The second kappa shape index (κ2) is 11.4. The Morgan fingerprint density at radius 3 is 2.27 bits per heavy atom. The van der Waals surface area contributed by atoms with Gasteiger partial charge in [0.25, 0.3) is 5.91 Å². The van der Waals surface area contributed by atoms with Crippen LogP contribution >= 0.6 is 0 Å². The zero-order valence-corrected chi connectivity index (χ0v) is 21.5. The van der Waals surface area contributed by atoms with E-state index in [1.165, 1.54) is 30.5 Å². The van der Waals surface area contributed by atoms with Gasteiger partial charge in [0, 0.05) is 12.1 Å². The molecule has 4 aromatic rings. The zero-order chi connectivity index (χ0) is 26.4. The maximum absolute atomic E-state index is 13.4. The summed E-state index contributed by atoms with van der Waals surface area (Å²) in [5, 5.41) is -0.0939. The monoisotopic (exact) mass is 521 g/mol. The van der Waals surface area contributed by atoms with Gasteiger partial charge in [-0.1, -0.05) is 42.5 Å². The number of aromatic nitrogens is 2. The van der Waals surface area contributed by atoms with Gasteiger partial charge < -0.3 is 14.2 Å². The number of carbonyl (C=O) groups is 1. The number of carbonyl (C=O) groups excluding carboxylic acids is 1. The lowest BCUT2D eigenvalue weighted by atomic mass is 10.2. The van der Waals surface area contributed by atoms with Crippen LogP contribution in [-0.2, 0) is 28.7 Å². The molecule has 0 atom stereocenters. The highest BCUT2D eigenvalue weighted by molar-refractivity contribution is 7.90. The first-order valence-corrected chi connectivity index (χ1v) is 13.4. The maximum atomic E-state index is 13.4. The molecule has 0 N–H and O–H groups in total. The van der Waals surface area contributed by atoms with E-state index < -0.39 is 15.7 Å². The largest absolute Gasteiger partial charge is 0.497 e. The Balaban J connectivity index is 1.67. The molecule has 0 radical (unpaired) electrons. The molecule has 0 saturated carbocycles.